The van der Waals surface area contributed by atoms with Crippen molar-refractivity contribution in [2.24, 2.45) is 5.73 Å². The van der Waals surface area contributed by atoms with Gasteiger partial charge in [-0.1, -0.05) is 40.2 Å². The molecule has 0 bridgehead atoms. The monoisotopic (exact) mass is 423 g/mol. The van der Waals surface area contributed by atoms with Gasteiger partial charge < -0.3 is 5.11 Å². The van der Waals surface area contributed by atoms with Gasteiger partial charge in [-0.15, -0.1) is 0 Å². The van der Waals surface area contributed by atoms with Crippen LogP contribution >= 0.6 is 31.9 Å². The number of carbonyl (C=O) groups is 1. The number of nitrogens with two attached hydrogens (primary N) is 1. The average molecular weight is 425 g/mol. The minimum Gasteiger partial charge on any atom is -0.478 e. The zero-order valence-corrected chi connectivity index (χ0v) is 14.7. The highest BCUT2D eigenvalue weighted by Crippen LogP contribution is 2.35. The van der Waals surface area contributed by atoms with E-state index in [1.54, 1.807) is 6.07 Å². The molecule has 1 heterocycles. The van der Waals surface area contributed by atoms with Crippen LogP contribution in [0, 0.1) is 0 Å². The van der Waals surface area contributed by atoms with Gasteiger partial charge >= 0.3 is 5.97 Å². The lowest BCUT2D eigenvalue weighted by molar-refractivity contribution is -0.463. The summed E-state index contributed by atoms with van der Waals surface area (Å²) in [5.41, 5.74) is 9.35. The molecule has 0 saturated heterocycles. The van der Waals surface area contributed by atoms with Crippen LogP contribution in [0.4, 0.5) is 5.69 Å². The molecule has 0 saturated carbocycles. The average Bonchev–Trinajstić information content (AvgIpc) is 2.46. The minimum atomic E-state index is -0.983. The molecule has 0 unspecified atom stereocenters. The summed E-state index contributed by atoms with van der Waals surface area (Å²) in [5, 5.41) is 9.51. The Morgan fingerprint density at radius 2 is 1.86 bits per heavy atom. The van der Waals surface area contributed by atoms with Gasteiger partial charge in [0.1, 0.15) is 12.1 Å². The highest BCUT2D eigenvalue weighted by atomic mass is 79.9. The third kappa shape index (κ3) is 2.68. The van der Waals surface area contributed by atoms with Crippen molar-refractivity contribution in [3.63, 3.8) is 0 Å². The molecule has 6 heteroatoms. The van der Waals surface area contributed by atoms with Crippen molar-refractivity contribution in [1.82, 2.24) is 0 Å². The Hall–Kier alpha value is -1.66. The molecule has 2 aromatic carbocycles. The lowest BCUT2D eigenvalue weighted by atomic mass is 10.00. The Kier molecular flexibility index (Phi) is 4.06. The Morgan fingerprint density at radius 3 is 2.55 bits per heavy atom. The molecular formula is C16H13Br2N2O2+. The number of carboxylic acids is 1. The van der Waals surface area contributed by atoms with Gasteiger partial charge in [-0.25, -0.2) is 9.37 Å². The van der Waals surface area contributed by atoms with E-state index < -0.39 is 5.97 Å². The molecule has 4 nitrogen and oxygen atoms in total. The lowest BCUT2D eigenvalue weighted by Crippen LogP contribution is -2.32. The number of benzene rings is 2. The summed E-state index contributed by atoms with van der Waals surface area (Å²) >= 11 is 6.80. The van der Waals surface area contributed by atoms with Crippen LogP contribution in [-0.4, -0.2) is 21.5 Å². The Morgan fingerprint density at radius 1 is 1.18 bits per heavy atom. The van der Waals surface area contributed by atoms with Crippen LogP contribution < -0.4 is 5.73 Å². The zero-order valence-electron chi connectivity index (χ0n) is 11.5. The number of halogens is 2. The number of rotatable bonds is 2. The summed E-state index contributed by atoms with van der Waals surface area (Å²) in [5.74, 6) is -0.340. The third-order valence-corrected chi connectivity index (χ3v) is 4.76. The van der Waals surface area contributed by atoms with E-state index in [0.29, 0.717) is 33.4 Å². The fourth-order valence-corrected chi connectivity index (χ4v) is 4.11. The molecule has 0 amide bonds. The van der Waals surface area contributed by atoms with Gasteiger partial charge in [0.05, 0.1) is 10.9 Å². The van der Waals surface area contributed by atoms with Crippen molar-refractivity contribution in [3.8, 4) is 0 Å². The van der Waals surface area contributed by atoms with Crippen LogP contribution in [0.2, 0.25) is 0 Å². The molecule has 1 aliphatic rings. The van der Waals surface area contributed by atoms with Crippen LogP contribution in [-0.2, 0) is 13.0 Å². The molecule has 1 aliphatic heterocycles. The Bertz CT molecular complexity index is 816. The van der Waals surface area contributed by atoms with Crippen LogP contribution in [0.25, 0.3) is 0 Å². The van der Waals surface area contributed by atoms with E-state index >= 15 is 0 Å². The van der Waals surface area contributed by atoms with Gasteiger partial charge in [0.15, 0.2) is 5.69 Å². The van der Waals surface area contributed by atoms with E-state index in [1.165, 1.54) is 5.56 Å². The highest BCUT2D eigenvalue weighted by Gasteiger charge is 2.27. The van der Waals surface area contributed by atoms with Crippen molar-refractivity contribution in [3.05, 3.63) is 62.0 Å². The number of nitrogens with zero attached hydrogens (tertiary/aromatic N) is 1. The molecule has 0 spiro atoms. The first-order valence-corrected chi connectivity index (χ1v) is 8.24. The molecular weight excluding hydrogens is 412 g/mol. The number of aromatic carboxylic acids is 1. The second kappa shape index (κ2) is 5.85. The van der Waals surface area contributed by atoms with Crippen LogP contribution in [0.1, 0.15) is 21.5 Å². The summed E-state index contributed by atoms with van der Waals surface area (Å²) in [6, 6.07) is 11.5. The van der Waals surface area contributed by atoms with E-state index in [9.17, 15) is 9.90 Å². The number of carboxylic acid groups (broad SMARTS) is 1. The Labute approximate surface area is 144 Å². The molecule has 112 valence electrons. The maximum absolute atomic E-state index is 11.6. The summed E-state index contributed by atoms with van der Waals surface area (Å²) in [4.78, 5) is 11.6. The van der Waals surface area contributed by atoms with Crippen LogP contribution in [0.15, 0.2) is 45.3 Å². The standard InChI is InChI=1S/C16H12Br2N2O2/c17-11-6-12(16(21)22)15(13(18)7-11)20-8-10-4-2-1-3-9(10)5-14(20)19/h1-4,6-7,19H,5,8H2,(H,21,22)/p+1. The smallest absolute Gasteiger partial charge is 0.340 e. The first-order valence-electron chi connectivity index (χ1n) is 6.65. The van der Waals surface area contributed by atoms with E-state index in [2.05, 4.69) is 31.9 Å². The molecule has 2 aromatic rings. The predicted molar refractivity (Wildman–Crippen MR) is 91.8 cm³/mol. The number of hydrogen-bond donors (Lipinski definition) is 2. The molecule has 0 fully saturated rings. The van der Waals surface area contributed by atoms with E-state index in [4.69, 9.17) is 5.73 Å². The second-order valence-electron chi connectivity index (χ2n) is 5.11. The normalized spacial score (nSPS) is 13.9. The summed E-state index contributed by atoms with van der Waals surface area (Å²) in [7, 11) is 0. The van der Waals surface area contributed by atoms with Crippen molar-refractivity contribution < 1.29 is 14.5 Å². The maximum atomic E-state index is 11.6. The van der Waals surface area contributed by atoms with Crippen molar-refractivity contribution in [1.29, 1.82) is 0 Å². The SMILES string of the molecule is NC1=[N+](c2c(Br)cc(Br)cc2C(=O)O)Cc2ccccc2C1. The fraction of sp³-hybridized carbons (Fsp3) is 0.125. The largest absolute Gasteiger partial charge is 0.478 e. The van der Waals surface area contributed by atoms with Crippen molar-refractivity contribution in [2.75, 3.05) is 0 Å². The van der Waals surface area contributed by atoms with Gasteiger partial charge in [0.25, 0.3) is 5.84 Å². The van der Waals surface area contributed by atoms with E-state index in [0.717, 1.165) is 5.56 Å². The maximum Gasteiger partial charge on any atom is 0.340 e. The molecule has 3 rings (SSSR count). The van der Waals surface area contributed by atoms with Crippen molar-refractivity contribution >= 4 is 49.4 Å². The molecule has 0 aromatic heterocycles. The fourth-order valence-electron chi connectivity index (χ4n) is 2.67. The number of amidine groups is 1. The molecule has 0 radical (unpaired) electrons. The molecule has 0 aliphatic carbocycles. The van der Waals surface area contributed by atoms with E-state index in [1.807, 2.05) is 34.9 Å². The van der Waals surface area contributed by atoms with Gasteiger partial charge in [0.2, 0.25) is 0 Å². The first kappa shape index (κ1) is 15.2. The molecule has 3 N–H and O–H groups in total. The van der Waals surface area contributed by atoms with Gasteiger partial charge in [-0.3, -0.25) is 5.73 Å². The number of fused-ring (bicyclic) bond motifs is 1. The van der Waals surface area contributed by atoms with Gasteiger partial charge in [0, 0.05) is 4.47 Å². The topological polar surface area (TPSA) is 66.3 Å². The van der Waals surface area contributed by atoms with Crippen molar-refractivity contribution in [2.45, 2.75) is 13.0 Å². The molecule has 0 atom stereocenters. The lowest BCUT2D eigenvalue weighted by Gasteiger charge is -2.20. The summed E-state index contributed by atoms with van der Waals surface area (Å²) in [6.45, 7) is 0.558. The number of hydrogen-bond acceptors (Lipinski definition) is 2. The summed E-state index contributed by atoms with van der Waals surface area (Å²) in [6.07, 6.45) is 0.609. The minimum absolute atomic E-state index is 0.212. The van der Waals surface area contributed by atoms with Crippen LogP contribution in [0.5, 0.6) is 0 Å². The molecule has 22 heavy (non-hydrogen) atoms. The predicted octanol–water partition coefficient (Wildman–Crippen LogP) is 3.67. The second-order valence-corrected chi connectivity index (χ2v) is 6.88. The third-order valence-electron chi connectivity index (χ3n) is 3.69. The Balaban J connectivity index is 2.18. The van der Waals surface area contributed by atoms with Crippen LogP contribution in [0.3, 0.4) is 0 Å². The summed E-state index contributed by atoms with van der Waals surface area (Å²) < 4.78 is 3.26. The highest BCUT2D eigenvalue weighted by molar-refractivity contribution is 9.11. The van der Waals surface area contributed by atoms with E-state index in [-0.39, 0.29) is 5.56 Å². The quantitative estimate of drug-likeness (QED) is 0.722. The van der Waals surface area contributed by atoms with Gasteiger partial charge in [-0.05, 0) is 39.2 Å². The van der Waals surface area contributed by atoms with Gasteiger partial charge in [-0.2, -0.15) is 0 Å². The first-order chi connectivity index (χ1) is 10.5. The zero-order chi connectivity index (χ0) is 15.9.